The number of nitrogens with one attached hydrogen (secondary N) is 1. The van der Waals surface area contributed by atoms with Gasteiger partial charge in [-0.3, -0.25) is 4.79 Å². The molecule has 1 aliphatic rings. The normalized spacial score (nSPS) is 15.4. The van der Waals surface area contributed by atoms with E-state index in [1.54, 1.807) is 4.90 Å². The minimum Gasteiger partial charge on any atom is -0.444 e. The topological polar surface area (TPSA) is 58.6 Å². The Kier molecular flexibility index (Phi) is 8.14. The van der Waals surface area contributed by atoms with Gasteiger partial charge in [-0.05, 0) is 58.4 Å². The number of carbonyl (C=O) groups excluding carboxylic acids is 2. The second-order valence-electron chi connectivity index (χ2n) is 8.36. The van der Waals surface area contributed by atoms with Crippen molar-refractivity contribution in [3.05, 3.63) is 35.9 Å². The van der Waals surface area contributed by atoms with Gasteiger partial charge in [0.15, 0.2) is 0 Å². The number of unbranched alkanes of at least 4 members (excludes halogenated alkanes) is 2. The molecule has 0 aliphatic carbocycles. The van der Waals surface area contributed by atoms with E-state index in [1.165, 1.54) is 5.56 Å². The van der Waals surface area contributed by atoms with Crippen LogP contribution in [0.4, 0.5) is 4.79 Å². The summed E-state index contributed by atoms with van der Waals surface area (Å²) in [6, 6.07) is 10.6. The van der Waals surface area contributed by atoms with Gasteiger partial charge in [-0.1, -0.05) is 36.8 Å². The molecule has 5 heteroatoms. The lowest BCUT2D eigenvalue weighted by atomic mass is 10.0. The largest absolute Gasteiger partial charge is 0.444 e. The summed E-state index contributed by atoms with van der Waals surface area (Å²) in [5.74, 6) is 0.130. The van der Waals surface area contributed by atoms with Crippen LogP contribution in [0, 0.1) is 0 Å². The Hall–Kier alpha value is -2.04. The molecule has 1 aromatic carbocycles. The fraction of sp³-hybridized carbons (Fsp3) is 0.636. The second-order valence-corrected chi connectivity index (χ2v) is 8.36. The van der Waals surface area contributed by atoms with Gasteiger partial charge in [0, 0.05) is 25.6 Å². The van der Waals surface area contributed by atoms with Crippen molar-refractivity contribution in [2.24, 2.45) is 0 Å². The van der Waals surface area contributed by atoms with Crippen LogP contribution in [-0.2, 0) is 16.0 Å². The lowest BCUT2D eigenvalue weighted by molar-refractivity contribution is -0.122. The number of benzene rings is 1. The van der Waals surface area contributed by atoms with Gasteiger partial charge in [0.25, 0.3) is 0 Å². The van der Waals surface area contributed by atoms with E-state index >= 15 is 0 Å². The Balaban J connectivity index is 1.56. The van der Waals surface area contributed by atoms with Crippen molar-refractivity contribution in [2.75, 3.05) is 13.1 Å². The molecule has 1 N–H and O–H groups in total. The number of amides is 2. The number of likely N-dealkylation sites (tertiary alicyclic amines) is 1. The summed E-state index contributed by atoms with van der Waals surface area (Å²) in [7, 11) is 0. The average molecular weight is 375 g/mol. The van der Waals surface area contributed by atoms with Gasteiger partial charge in [0.2, 0.25) is 5.91 Å². The summed E-state index contributed by atoms with van der Waals surface area (Å²) < 4.78 is 5.40. The van der Waals surface area contributed by atoms with Crippen molar-refractivity contribution in [3.63, 3.8) is 0 Å². The minimum absolute atomic E-state index is 0.130. The number of piperidine rings is 1. The monoisotopic (exact) mass is 374 g/mol. The molecule has 2 rings (SSSR count). The molecule has 150 valence electrons. The molecule has 1 aliphatic heterocycles. The van der Waals surface area contributed by atoms with Crippen molar-refractivity contribution in [1.82, 2.24) is 10.2 Å². The molecule has 27 heavy (non-hydrogen) atoms. The van der Waals surface area contributed by atoms with Gasteiger partial charge in [-0.2, -0.15) is 0 Å². The molecule has 2 amide bonds. The van der Waals surface area contributed by atoms with Crippen molar-refractivity contribution < 1.29 is 14.3 Å². The third-order valence-electron chi connectivity index (χ3n) is 4.72. The average Bonchev–Trinajstić information content (AvgIpc) is 2.61. The molecule has 0 aromatic heterocycles. The third kappa shape index (κ3) is 8.46. The Morgan fingerprint density at radius 1 is 1.07 bits per heavy atom. The first-order chi connectivity index (χ1) is 12.8. The first-order valence-corrected chi connectivity index (χ1v) is 10.1. The molecular weight excluding hydrogens is 340 g/mol. The maximum Gasteiger partial charge on any atom is 0.410 e. The lowest BCUT2D eigenvalue weighted by Crippen LogP contribution is -2.47. The highest BCUT2D eigenvalue weighted by atomic mass is 16.6. The van der Waals surface area contributed by atoms with Crippen LogP contribution in [0.1, 0.15) is 64.9 Å². The molecule has 1 saturated heterocycles. The molecule has 0 spiro atoms. The zero-order chi connectivity index (χ0) is 19.7. The summed E-state index contributed by atoms with van der Waals surface area (Å²) in [4.78, 5) is 25.9. The molecule has 0 bridgehead atoms. The first kappa shape index (κ1) is 21.3. The summed E-state index contributed by atoms with van der Waals surface area (Å²) in [5.41, 5.74) is 0.890. The number of hydrogen-bond acceptors (Lipinski definition) is 3. The lowest BCUT2D eigenvalue weighted by Gasteiger charge is -2.33. The molecule has 1 fully saturated rings. The van der Waals surface area contributed by atoms with Crippen LogP contribution < -0.4 is 5.32 Å². The van der Waals surface area contributed by atoms with Crippen LogP contribution in [0.3, 0.4) is 0 Å². The van der Waals surface area contributed by atoms with Gasteiger partial charge in [0.1, 0.15) is 5.60 Å². The molecular formula is C22H34N2O3. The van der Waals surface area contributed by atoms with E-state index in [0.717, 1.165) is 38.5 Å². The smallest absolute Gasteiger partial charge is 0.410 e. The van der Waals surface area contributed by atoms with E-state index in [4.69, 9.17) is 4.74 Å². The zero-order valence-electron chi connectivity index (χ0n) is 17.0. The predicted octanol–water partition coefficient (Wildman–Crippen LogP) is 4.31. The predicted molar refractivity (Wildman–Crippen MR) is 108 cm³/mol. The van der Waals surface area contributed by atoms with E-state index in [1.807, 2.05) is 26.8 Å². The third-order valence-corrected chi connectivity index (χ3v) is 4.72. The van der Waals surface area contributed by atoms with Crippen LogP contribution in [0.25, 0.3) is 0 Å². The number of hydrogen-bond donors (Lipinski definition) is 1. The van der Waals surface area contributed by atoms with Crippen molar-refractivity contribution in [1.29, 1.82) is 0 Å². The van der Waals surface area contributed by atoms with Gasteiger partial charge in [0.05, 0.1) is 0 Å². The summed E-state index contributed by atoms with van der Waals surface area (Å²) >= 11 is 0. The maximum atomic E-state index is 12.1. The SMILES string of the molecule is CC(C)(C)OC(=O)N1CCC(NC(=O)CCCCCc2ccccc2)CC1. The van der Waals surface area contributed by atoms with Crippen LogP contribution in [0.15, 0.2) is 30.3 Å². The highest BCUT2D eigenvalue weighted by Crippen LogP contribution is 2.16. The summed E-state index contributed by atoms with van der Waals surface area (Å²) in [5, 5.41) is 3.12. The molecule has 0 atom stereocenters. The Morgan fingerprint density at radius 2 is 1.74 bits per heavy atom. The Morgan fingerprint density at radius 3 is 2.37 bits per heavy atom. The first-order valence-electron chi connectivity index (χ1n) is 10.1. The van der Waals surface area contributed by atoms with Gasteiger partial charge >= 0.3 is 6.09 Å². The van der Waals surface area contributed by atoms with E-state index in [0.29, 0.717) is 19.5 Å². The van der Waals surface area contributed by atoms with Gasteiger partial charge in [-0.25, -0.2) is 4.79 Å². The molecule has 1 heterocycles. The van der Waals surface area contributed by atoms with Crippen molar-refractivity contribution in [3.8, 4) is 0 Å². The van der Waals surface area contributed by atoms with Gasteiger partial charge < -0.3 is 15.0 Å². The van der Waals surface area contributed by atoms with Crippen LogP contribution in [0.2, 0.25) is 0 Å². The highest BCUT2D eigenvalue weighted by Gasteiger charge is 2.27. The number of carbonyl (C=O) groups is 2. The maximum absolute atomic E-state index is 12.1. The van der Waals surface area contributed by atoms with Gasteiger partial charge in [-0.15, -0.1) is 0 Å². The van der Waals surface area contributed by atoms with Crippen molar-refractivity contribution in [2.45, 2.75) is 77.4 Å². The van der Waals surface area contributed by atoms with E-state index in [2.05, 4.69) is 29.6 Å². The molecule has 5 nitrogen and oxygen atoms in total. The number of aryl methyl sites for hydroxylation is 1. The quantitative estimate of drug-likeness (QED) is 0.724. The standard InChI is InChI=1S/C22H34N2O3/c1-22(2,3)27-21(26)24-16-14-19(15-17-24)23-20(25)13-9-5-8-12-18-10-6-4-7-11-18/h4,6-7,10-11,19H,5,8-9,12-17H2,1-3H3,(H,23,25). The number of nitrogens with zero attached hydrogens (tertiary/aromatic N) is 1. The molecule has 0 saturated carbocycles. The van der Waals surface area contributed by atoms with E-state index < -0.39 is 5.60 Å². The fourth-order valence-electron chi connectivity index (χ4n) is 3.27. The Labute approximate surface area is 163 Å². The molecule has 0 radical (unpaired) electrons. The summed E-state index contributed by atoms with van der Waals surface area (Å²) in [6.45, 7) is 6.89. The van der Waals surface area contributed by atoms with Crippen molar-refractivity contribution >= 4 is 12.0 Å². The number of rotatable bonds is 7. The molecule has 1 aromatic rings. The Bertz CT molecular complexity index is 587. The van der Waals surface area contributed by atoms with Crippen LogP contribution in [0.5, 0.6) is 0 Å². The van der Waals surface area contributed by atoms with E-state index in [-0.39, 0.29) is 18.0 Å². The second kappa shape index (κ2) is 10.3. The number of ether oxygens (including phenoxy) is 1. The van der Waals surface area contributed by atoms with E-state index in [9.17, 15) is 9.59 Å². The van der Waals surface area contributed by atoms with Crippen LogP contribution in [-0.4, -0.2) is 41.6 Å². The zero-order valence-corrected chi connectivity index (χ0v) is 17.0. The minimum atomic E-state index is -0.470. The molecule has 0 unspecified atom stereocenters. The highest BCUT2D eigenvalue weighted by molar-refractivity contribution is 5.76. The fourth-order valence-corrected chi connectivity index (χ4v) is 3.27. The summed E-state index contributed by atoms with van der Waals surface area (Å²) in [6.07, 6.45) is 6.09. The van der Waals surface area contributed by atoms with Crippen LogP contribution >= 0.6 is 0 Å².